The predicted octanol–water partition coefficient (Wildman–Crippen LogP) is 3.14. The van der Waals surface area contributed by atoms with Gasteiger partial charge < -0.3 is 15.0 Å². The summed E-state index contributed by atoms with van der Waals surface area (Å²) in [4.78, 5) is 14.6. The summed E-state index contributed by atoms with van der Waals surface area (Å²) < 4.78 is 2.03. The molecule has 2 N–H and O–H groups in total. The molecule has 0 atom stereocenters. The summed E-state index contributed by atoms with van der Waals surface area (Å²) in [5.41, 5.74) is 3.15. The van der Waals surface area contributed by atoms with Crippen molar-refractivity contribution in [3.63, 3.8) is 0 Å². The number of imidazole rings is 1. The summed E-state index contributed by atoms with van der Waals surface area (Å²) in [5, 5.41) is 7.65. The second kappa shape index (κ2) is 9.14. The lowest BCUT2D eigenvalue weighted by atomic mass is 10.3. The Balaban J connectivity index is 0.00000225. The first-order valence-corrected chi connectivity index (χ1v) is 8.82. The number of pyridine rings is 1. The summed E-state index contributed by atoms with van der Waals surface area (Å²) in [6, 6.07) is 4.15. The van der Waals surface area contributed by atoms with Crippen molar-refractivity contribution in [2.75, 3.05) is 7.05 Å². The highest BCUT2D eigenvalue weighted by Gasteiger charge is 2.05. The first-order chi connectivity index (χ1) is 11.7. The van der Waals surface area contributed by atoms with Crippen LogP contribution in [0.25, 0.3) is 5.65 Å². The molecular weight excluding hydrogens is 447 g/mol. The maximum Gasteiger partial charge on any atom is 0.191 e. The van der Waals surface area contributed by atoms with Gasteiger partial charge in [-0.25, -0.2) is 9.97 Å². The standard InChI is InChI=1S/C17H22N6S.HI/c1-4-14-9-19-16(24-14)10-21-17(18-3)20-8-13-11-23-6-5-12(2)7-15(23)22-13;/h5-7,9,11H,4,8,10H2,1-3H3,(H2,18,20,21);1H. The number of hydrogen-bond acceptors (Lipinski definition) is 4. The molecule has 0 unspecified atom stereocenters. The molecule has 0 spiro atoms. The molecular formula is C17H23IN6S. The topological polar surface area (TPSA) is 66.6 Å². The van der Waals surface area contributed by atoms with Crippen molar-refractivity contribution in [3.05, 3.63) is 51.9 Å². The zero-order chi connectivity index (χ0) is 16.9. The van der Waals surface area contributed by atoms with Crippen molar-refractivity contribution in [1.82, 2.24) is 25.0 Å². The van der Waals surface area contributed by atoms with Crippen molar-refractivity contribution >= 4 is 46.9 Å². The fourth-order valence-corrected chi connectivity index (χ4v) is 3.17. The van der Waals surface area contributed by atoms with Crippen molar-refractivity contribution < 1.29 is 0 Å². The number of halogens is 1. The van der Waals surface area contributed by atoms with Crippen LogP contribution in [-0.4, -0.2) is 27.4 Å². The van der Waals surface area contributed by atoms with E-state index in [-0.39, 0.29) is 24.0 Å². The Labute approximate surface area is 168 Å². The molecule has 0 aliphatic rings. The Hall–Kier alpha value is -1.68. The Bertz CT molecular complexity index is 854. The van der Waals surface area contributed by atoms with E-state index in [1.807, 2.05) is 23.0 Å². The van der Waals surface area contributed by atoms with Crippen LogP contribution in [0.2, 0.25) is 0 Å². The summed E-state index contributed by atoms with van der Waals surface area (Å²) >= 11 is 1.73. The lowest BCUT2D eigenvalue weighted by molar-refractivity contribution is 0.795. The minimum Gasteiger partial charge on any atom is -0.351 e. The highest BCUT2D eigenvalue weighted by molar-refractivity contribution is 14.0. The molecule has 0 amide bonds. The number of rotatable bonds is 5. The van der Waals surface area contributed by atoms with Crippen LogP contribution in [0.5, 0.6) is 0 Å². The quantitative estimate of drug-likeness (QED) is 0.342. The van der Waals surface area contributed by atoms with E-state index >= 15 is 0 Å². The molecule has 0 aromatic carbocycles. The van der Waals surface area contributed by atoms with E-state index in [4.69, 9.17) is 0 Å². The normalized spacial score (nSPS) is 11.4. The van der Waals surface area contributed by atoms with Crippen LogP contribution in [0.15, 0.2) is 35.7 Å². The predicted molar refractivity (Wildman–Crippen MR) is 114 cm³/mol. The average Bonchev–Trinajstić information content (AvgIpc) is 3.20. The van der Waals surface area contributed by atoms with E-state index in [1.54, 1.807) is 18.4 Å². The summed E-state index contributed by atoms with van der Waals surface area (Å²) in [6.07, 6.45) is 7.03. The largest absolute Gasteiger partial charge is 0.351 e. The smallest absolute Gasteiger partial charge is 0.191 e. The first-order valence-electron chi connectivity index (χ1n) is 8.00. The van der Waals surface area contributed by atoms with Gasteiger partial charge >= 0.3 is 0 Å². The molecule has 8 heteroatoms. The molecule has 0 fully saturated rings. The van der Waals surface area contributed by atoms with Gasteiger partial charge in [-0.1, -0.05) is 6.92 Å². The van der Waals surface area contributed by atoms with Gasteiger partial charge in [-0.05, 0) is 31.0 Å². The molecule has 0 saturated heterocycles. The number of fused-ring (bicyclic) bond motifs is 1. The number of nitrogens with one attached hydrogen (secondary N) is 2. The molecule has 25 heavy (non-hydrogen) atoms. The van der Waals surface area contributed by atoms with Gasteiger partial charge in [0.1, 0.15) is 10.7 Å². The summed E-state index contributed by atoms with van der Waals surface area (Å²) in [6.45, 7) is 5.51. The third-order valence-electron chi connectivity index (χ3n) is 3.68. The van der Waals surface area contributed by atoms with E-state index in [9.17, 15) is 0 Å². The maximum atomic E-state index is 4.62. The molecule has 3 rings (SSSR count). The average molecular weight is 470 g/mol. The number of aromatic nitrogens is 3. The first kappa shape index (κ1) is 19.6. The van der Waals surface area contributed by atoms with Crippen molar-refractivity contribution in [2.45, 2.75) is 33.4 Å². The van der Waals surface area contributed by atoms with Crippen LogP contribution in [0.1, 0.15) is 28.1 Å². The van der Waals surface area contributed by atoms with Crippen LogP contribution < -0.4 is 10.6 Å². The Kier molecular flexibility index (Phi) is 7.18. The number of thiazole rings is 1. The fourth-order valence-electron chi connectivity index (χ4n) is 2.37. The lowest BCUT2D eigenvalue weighted by Gasteiger charge is -2.09. The van der Waals surface area contributed by atoms with Gasteiger partial charge in [-0.3, -0.25) is 4.99 Å². The number of aryl methyl sites for hydroxylation is 2. The monoisotopic (exact) mass is 470 g/mol. The van der Waals surface area contributed by atoms with Gasteiger partial charge in [0.2, 0.25) is 0 Å². The Morgan fingerprint density at radius 1 is 1.32 bits per heavy atom. The second-order valence-corrected chi connectivity index (χ2v) is 6.75. The molecule has 0 saturated carbocycles. The van der Waals surface area contributed by atoms with Crippen molar-refractivity contribution in [2.24, 2.45) is 4.99 Å². The van der Waals surface area contributed by atoms with E-state index in [2.05, 4.69) is 51.6 Å². The van der Waals surface area contributed by atoms with Crippen molar-refractivity contribution in [3.8, 4) is 0 Å². The van der Waals surface area contributed by atoms with E-state index in [1.165, 1.54) is 10.4 Å². The molecule has 0 radical (unpaired) electrons. The number of aliphatic imine (C=N–C) groups is 1. The van der Waals surface area contributed by atoms with Crippen LogP contribution >= 0.6 is 35.3 Å². The Morgan fingerprint density at radius 2 is 2.12 bits per heavy atom. The van der Waals surface area contributed by atoms with Gasteiger partial charge in [-0.15, -0.1) is 35.3 Å². The summed E-state index contributed by atoms with van der Waals surface area (Å²) in [7, 11) is 1.77. The third kappa shape index (κ3) is 5.15. The van der Waals surface area contributed by atoms with Crippen LogP contribution in [0.3, 0.4) is 0 Å². The zero-order valence-electron chi connectivity index (χ0n) is 14.6. The van der Waals surface area contributed by atoms with E-state index < -0.39 is 0 Å². The van der Waals surface area contributed by atoms with Gasteiger partial charge in [0.25, 0.3) is 0 Å². The second-order valence-electron chi connectivity index (χ2n) is 5.55. The van der Waals surface area contributed by atoms with Gasteiger partial charge in [0.05, 0.1) is 18.8 Å². The molecule has 3 aromatic rings. The maximum absolute atomic E-state index is 4.62. The number of hydrogen-bond donors (Lipinski definition) is 2. The lowest BCUT2D eigenvalue weighted by Crippen LogP contribution is -2.36. The van der Waals surface area contributed by atoms with Crippen LogP contribution in [-0.2, 0) is 19.5 Å². The number of nitrogens with zero attached hydrogens (tertiary/aromatic N) is 4. The fraction of sp³-hybridized carbons (Fsp3) is 0.353. The van der Waals surface area contributed by atoms with Gasteiger partial charge in [0.15, 0.2) is 5.96 Å². The van der Waals surface area contributed by atoms with Crippen LogP contribution in [0, 0.1) is 6.92 Å². The minimum atomic E-state index is 0. The third-order valence-corrected chi connectivity index (χ3v) is 4.82. The summed E-state index contributed by atoms with van der Waals surface area (Å²) in [5.74, 6) is 0.747. The molecule has 0 bridgehead atoms. The molecule has 3 heterocycles. The molecule has 6 nitrogen and oxygen atoms in total. The molecule has 3 aromatic heterocycles. The highest BCUT2D eigenvalue weighted by atomic mass is 127. The molecule has 0 aliphatic carbocycles. The highest BCUT2D eigenvalue weighted by Crippen LogP contribution is 2.12. The van der Waals surface area contributed by atoms with Gasteiger partial charge in [0, 0.05) is 30.5 Å². The Morgan fingerprint density at radius 3 is 2.84 bits per heavy atom. The van der Waals surface area contributed by atoms with E-state index in [0.717, 1.165) is 28.7 Å². The molecule has 0 aliphatic heterocycles. The van der Waals surface area contributed by atoms with Gasteiger partial charge in [-0.2, -0.15) is 0 Å². The zero-order valence-corrected chi connectivity index (χ0v) is 17.8. The van der Waals surface area contributed by atoms with Crippen molar-refractivity contribution in [1.29, 1.82) is 0 Å². The minimum absolute atomic E-state index is 0. The molecule has 134 valence electrons. The SMILES string of the molecule is CCc1cnc(CNC(=NC)NCc2cn3ccc(C)cc3n2)s1.I. The van der Waals surface area contributed by atoms with E-state index in [0.29, 0.717) is 13.1 Å². The van der Waals surface area contributed by atoms with Crippen LogP contribution in [0.4, 0.5) is 0 Å². The number of guanidine groups is 1.